The summed E-state index contributed by atoms with van der Waals surface area (Å²) in [5.74, 6) is -0.792. The predicted octanol–water partition coefficient (Wildman–Crippen LogP) is 0.660. The SMILES string of the molecule is CCN(CC(=O)O)C1CC(NC(=O)N(C)CC2CCCN2C)C1. The molecule has 2 fully saturated rings. The molecule has 2 amide bonds. The van der Waals surface area contributed by atoms with E-state index in [0.29, 0.717) is 6.04 Å². The molecule has 1 atom stereocenters. The van der Waals surface area contributed by atoms with Crippen LogP contribution in [0, 0.1) is 0 Å². The van der Waals surface area contributed by atoms with Crippen LogP contribution in [0.4, 0.5) is 4.79 Å². The molecule has 2 rings (SSSR count). The van der Waals surface area contributed by atoms with E-state index in [1.165, 1.54) is 6.42 Å². The van der Waals surface area contributed by atoms with Crippen LogP contribution in [0.25, 0.3) is 0 Å². The molecule has 1 unspecified atom stereocenters. The number of hydrogen-bond acceptors (Lipinski definition) is 4. The zero-order valence-electron chi connectivity index (χ0n) is 14.5. The molecule has 132 valence electrons. The van der Waals surface area contributed by atoms with Gasteiger partial charge in [-0.05, 0) is 45.8 Å². The number of likely N-dealkylation sites (N-methyl/N-ethyl adjacent to an activating group) is 3. The first-order valence-corrected chi connectivity index (χ1v) is 8.58. The molecule has 1 heterocycles. The maximum Gasteiger partial charge on any atom is 0.317 e. The zero-order chi connectivity index (χ0) is 17.0. The van der Waals surface area contributed by atoms with Crippen molar-refractivity contribution in [1.29, 1.82) is 0 Å². The summed E-state index contributed by atoms with van der Waals surface area (Å²) >= 11 is 0. The highest BCUT2D eigenvalue weighted by Crippen LogP contribution is 2.25. The fraction of sp³-hybridized carbons (Fsp3) is 0.875. The lowest BCUT2D eigenvalue weighted by molar-refractivity contribution is -0.139. The van der Waals surface area contributed by atoms with Gasteiger partial charge in [0.05, 0.1) is 6.54 Å². The lowest BCUT2D eigenvalue weighted by Crippen LogP contribution is -2.57. The van der Waals surface area contributed by atoms with Crippen molar-refractivity contribution in [2.45, 2.75) is 50.7 Å². The number of hydrogen-bond donors (Lipinski definition) is 2. The minimum atomic E-state index is -0.792. The first-order chi connectivity index (χ1) is 10.9. The number of nitrogens with one attached hydrogen (secondary N) is 1. The largest absolute Gasteiger partial charge is 0.480 e. The van der Waals surface area contributed by atoms with Crippen molar-refractivity contribution < 1.29 is 14.7 Å². The van der Waals surface area contributed by atoms with Crippen molar-refractivity contribution in [3.63, 3.8) is 0 Å². The quantitative estimate of drug-likeness (QED) is 0.719. The van der Waals surface area contributed by atoms with Crippen LogP contribution in [-0.4, -0.2) is 90.2 Å². The lowest BCUT2D eigenvalue weighted by Gasteiger charge is -2.42. The number of rotatable bonds is 7. The molecule has 0 radical (unpaired) electrons. The van der Waals surface area contributed by atoms with Gasteiger partial charge in [-0.2, -0.15) is 0 Å². The molecule has 7 nitrogen and oxygen atoms in total. The number of carbonyl (C=O) groups is 2. The van der Waals surface area contributed by atoms with Crippen LogP contribution in [0.5, 0.6) is 0 Å². The summed E-state index contributed by atoms with van der Waals surface area (Å²) in [5.41, 5.74) is 0. The van der Waals surface area contributed by atoms with Gasteiger partial charge >= 0.3 is 12.0 Å². The van der Waals surface area contributed by atoms with Gasteiger partial charge in [-0.15, -0.1) is 0 Å². The Morgan fingerprint density at radius 3 is 2.57 bits per heavy atom. The van der Waals surface area contributed by atoms with Gasteiger partial charge in [0, 0.05) is 31.7 Å². The Morgan fingerprint density at radius 1 is 1.35 bits per heavy atom. The third-order valence-corrected chi connectivity index (χ3v) is 5.20. The minimum absolute atomic E-state index is 0.0185. The molecule has 0 aromatic rings. The fourth-order valence-corrected chi connectivity index (χ4v) is 3.57. The van der Waals surface area contributed by atoms with Crippen LogP contribution in [0.3, 0.4) is 0 Å². The Morgan fingerprint density at radius 2 is 2.04 bits per heavy atom. The van der Waals surface area contributed by atoms with Gasteiger partial charge in [0.25, 0.3) is 0 Å². The number of likely N-dealkylation sites (tertiary alicyclic amines) is 1. The topological polar surface area (TPSA) is 76.1 Å². The van der Waals surface area contributed by atoms with Gasteiger partial charge < -0.3 is 20.2 Å². The molecule has 0 aromatic heterocycles. The predicted molar refractivity (Wildman–Crippen MR) is 88.5 cm³/mol. The van der Waals surface area contributed by atoms with E-state index >= 15 is 0 Å². The van der Waals surface area contributed by atoms with Crippen LogP contribution in [0.2, 0.25) is 0 Å². The Balaban J connectivity index is 1.69. The van der Waals surface area contributed by atoms with E-state index in [1.807, 2.05) is 18.9 Å². The van der Waals surface area contributed by atoms with Gasteiger partial charge in [-0.25, -0.2) is 4.79 Å². The summed E-state index contributed by atoms with van der Waals surface area (Å²) in [5, 5.41) is 12.0. The molecule has 1 aliphatic heterocycles. The molecule has 1 saturated heterocycles. The first kappa shape index (κ1) is 18.0. The maximum absolute atomic E-state index is 12.3. The Labute approximate surface area is 138 Å². The number of carboxylic acid groups (broad SMARTS) is 1. The van der Waals surface area contributed by atoms with Crippen molar-refractivity contribution in [3.05, 3.63) is 0 Å². The third kappa shape index (κ3) is 4.81. The van der Waals surface area contributed by atoms with Crippen molar-refractivity contribution in [1.82, 2.24) is 20.0 Å². The Hall–Kier alpha value is -1.34. The van der Waals surface area contributed by atoms with E-state index in [9.17, 15) is 9.59 Å². The molecule has 1 saturated carbocycles. The first-order valence-electron chi connectivity index (χ1n) is 8.58. The van der Waals surface area contributed by atoms with Gasteiger partial charge in [-0.3, -0.25) is 9.69 Å². The van der Waals surface area contributed by atoms with E-state index < -0.39 is 5.97 Å². The van der Waals surface area contributed by atoms with E-state index in [-0.39, 0.29) is 24.7 Å². The molecule has 2 aliphatic rings. The molecular formula is C16H30N4O3. The second-order valence-corrected chi connectivity index (χ2v) is 6.89. The Kier molecular flexibility index (Phi) is 6.24. The van der Waals surface area contributed by atoms with Crippen LogP contribution in [-0.2, 0) is 4.79 Å². The number of carbonyl (C=O) groups excluding carboxylic acids is 1. The summed E-state index contributed by atoms with van der Waals surface area (Å²) in [4.78, 5) is 29.1. The average molecular weight is 326 g/mol. The zero-order valence-corrected chi connectivity index (χ0v) is 14.5. The smallest absolute Gasteiger partial charge is 0.317 e. The van der Waals surface area contributed by atoms with E-state index in [4.69, 9.17) is 5.11 Å². The van der Waals surface area contributed by atoms with Crippen LogP contribution < -0.4 is 5.32 Å². The van der Waals surface area contributed by atoms with Crippen molar-refractivity contribution in [3.8, 4) is 0 Å². The third-order valence-electron chi connectivity index (χ3n) is 5.20. The highest BCUT2D eigenvalue weighted by atomic mass is 16.4. The number of nitrogens with zero attached hydrogens (tertiary/aromatic N) is 3. The van der Waals surface area contributed by atoms with Crippen LogP contribution in [0.15, 0.2) is 0 Å². The van der Waals surface area contributed by atoms with Gasteiger partial charge in [0.1, 0.15) is 0 Å². The van der Waals surface area contributed by atoms with Gasteiger partial charge in [0.15, 0.2) is 0 Å². The molecule has 0 aromatic carbocycles. The van der Waals surface area contributed by atoms with Crippen molar-refractivity contribution >= 4 is 12.0 Å². The van der Waals surface area contributed by atoms with Gasteiger partial charge in [0.2, 0.25) is 0 Å². The Bertz CT molecular complexity index is 426. The van der Waals surface area contributed by atoms with E-state index in [0.717, 1.165) is 38.9 Å². The van der Waals surface area contributed by atoms with E-state index in [2.05, 4.69) is 17.3 Å². The molecule has 2 N–H and O–H groups in total. The van der Waals surface area contributed by atoms with Crippen molar-refractivity contribution in [2.24, 2.45) is 0 Å². The minimum Gasteiger partial charge on any atom is -0.480 e. The molecule has 0 bridgehead atoms. The molecular weight excluding hydrogens is 296 g/mol. The van der Waals surface area contributed by atoms with E-state index in [1.54, 1.807) is 4.90 Å². The summed E-state index contributed by atoms with van der Waals surface area (Å²) in [7, 11) is 3.96. The molecule has 23 heavy (non-hydrogen) atoms. The number of aliphatic carboxylic acids is 1. The fourth-order valence-electron chi connectivity index (χ4n) is 3.57. The number of urea groups is 1. The summed E-state index contributed by atoms with van der Waals surface area (Å²) in [6.45, 7) is 4.65. The average Bonchev–Trinajstić information content (AvgIpc) is 2.85. The molecule has 7 heteroatoms. The molecule has 1 aliphatic carbocycles. The summed E-state index contributed by atoms with van der Waals surface area (Å²) < 4.78 is 0. The standard InChI is InChI=1S/C16H30N4O3/c1-4-20(11-15(21)22)14-8-12(9-14)17-16(23)19(3)10-13-6-5-7-18(13)2/h12-14H,4-11H2,1-3H3,(H,17,23)(H,21,22). The highest BCUT2D eigenvalue weighted by molar-refractivity contribution is 5.74. The van der Waals surface area contributed by atoms with Gasteiger partial charge in [-0.1, -0.05) is 6.92 Å². The molecule has 0 spiro atoms. The highest BCUT2D eigenvalue weighted by Gasteiger charge is 2.35. The number of amides is 2. The second kappa shape index (κ2) is 7.97. The maximum atomic E-state index is 12.3. The number of carboxylic acids is 1. The van der Waals surface area contributed by atoms with Crippen LogP contribution >= 0.6 is 0 Å². The summed E-state index contributed by atoms with van der Waals surface area (Å²) in [6, 6.07) is 0.882. The van der Waals surface area contributed by atoms with Crippen molar-refractivity contribution in [2.75, 3.05) is 40.3 Å². The monoisotopic (exact) mass is 326 g/mol. The van der Waals surface area contributed by atoms with Crippen LogP contribution in [0.1, 0.15) is 32.6 Å². The lowest BCUT2D eigenvalue weighted by atomic mass is 9.85. The summed E-state index contributed by atoms with van der Waals surface area (Å²) in [6.07, 6.45) is 4.03. The normalized spacial score (nSPS) is 27.7. The second-order valence-electron chi connectivity index (χ2n) is 6.89.